The average Bonchev–Trinajstić information content (AvgIpc) is 3.31. The van der Waals surface area contributed by atoms with Crippen molar-refractivity contribution in [1.82, 2.24) is 25.0 Å². The number of carbonyl (C=O) groups excluding carboxylic acids is 2. The molecule has 40 heavy (non-hydrogen) atoms. The molecule has 4 rings (SSSR count). The topological polar surface area (TPSA) is 107 Å². The quantitative estimate of drug-likeness (QED) is 0.306. The van der Waals surface area contributed by atoms with Crippen LogP contribution in [0.25, 0.3) is 10.9 Å². The predicted octanol–water partition coefficient (Wildman–Crippen LogP) is 4.74. The molecule has 9 nitrogen and oxygen atoms in total. The van der Waals surface area contributed by atoms with Gasteiger partial charge in [-0.2, -0.15) is 5.10 Å². The molecule has 2 aromatic carbocycles. The van der Waals surface area contributed by atoms with Crippen molar-refractivity contribution in [3.8, 4) is 0 Å². The molecule has 2 N–H and O–H groups in total. The SMILES string of the molecule is Cc1ccn(CCn2ncc3ccccc32)c(=O)c1CC(=O)NCc1cc(Cl)ccc1CNC(=O)OC(C)(C)C. The Hall–Kier alpha value is -4.11. The van der Waals surface area contributed by atoms with Crippen LogP contribution in [0.15, 0.2) is 65.7 Å². The first kappa shape index (κ1) is 28.9. The van der Waals surface area contributed by atoms with Gasteiger partial charge in [0.05, 0.1) is 24.7 Å². The van der Waals surface area contributed by atoms with Gasteiger partial charge in [-0.25, -0.2) is 4.79 Å². The molecule has 0 atom stereocenters. The van der Waals surface area contributed by atoms with Crippen molar-refractivity contribution in [2.75, 3.05) is 0 Å². The van der Waals surface area contributed by atoms with Crippen LogP contribution in [-0.4, -0.2) is 31.9 Å². The van der Waals surface area contributed by atoms with Gasteiger partial charge < -0.3 is 19.9 Å². The standard InChI is InChI=1S/C30H34ClN5O4/c1-20-11-12-35(13-14-36-26-8-6-5-7-22(26)19-34-36)28(38)25(20)16-27(37)32-18-23-15-24(31)10-9-21(23)17-33-29(39)40-30(2,3)4/h5-12,15,19H,13-14,16-18H2,1-4H3,(H,32,37)(H,33,39). The summed E-state index contributed by atoms with van der Waals surface area (Å²) < 4.78 is 8.78. The van der Waals surface area contributed by atoms with Crippen molar-refractivity contribution in [3.63, 3.8) is 0 Å². The summed E-state index contributed by atoms with van der Waals surface area (Å²) >= 11 is 6.19. The number of aromatic nitrogens is 3. The van der Waals surface area contributed by atoms with Gasteiger partial charge in [0, 0.05) is 41.8 Å². The van der Waals surface area contributed by atoms with Gasteiger partial charge in [0.2, 0.25) is 5.91 Å². The molecule has 4 aromatic rings. The monoisotopic (exact) mass is 563 g/mol. The number of para-hydroxylation sites is 1. The second kappa shape index (κ2) is 12.4. The van der Waals surface area contributed by atoms with E-state index in [0.29, 0.717) is 23.7 Å². The van der Waals surface area contributed by atoms with Crippen molar-refractivity contribution < 1.29 is 14.3 Å². The number of amides is 2. The van der Waals surface area contributed by atoms with Crippen molar-refractivity contribution in [2.45, 2.75) is 65.9 Å². The first-order chi connectivity index (χ1) is 19.0. The Kier molecular flexibility index (Phi) is 8.94. The zero-order chi connectivity index (χ0) is 28.9. The van der Waals surface area contributed by atoms with E-state index in [1.54, 1.807) is 49.7 Å². The summed E-state index contributed by atoms with van der Waals surface area (Å²) in [4.78, 5) is 38.2. The normalized spacial score (nSPS) is 11.4. The van der Waals surface area contributed by atoms with E-state index in [4.69, 9.17) is 16.3 Å². The van der Waals surface area contributed by atoms with Crippen molar-refractivity contribution >= 4 is 34.5 Å². The number of aryl methyl sites for hydroxylation is 3. The lowest BCUT2D eigenvalue weighted by molar-refractivity contribution is -0.120. The highest BCUT2D eigenvalue weighted by molar-refractivity contribution is 6.30. The van der Waals surface area contributed by atoms with Crippen molar-refractivity contribution in [2.24, 2.45) is 0 Å². The number of alkyl carbamates (subject to hydrolysis) is 1. The van der Waals surface area contributed by atoms with Gasteiger partial charge in [0.15, 0.2) is 0 Å². The molecule has 0 aliphatic rings. The Morgan fingerprint density at radius 1 is 1.00 bits per heavy atom. The van der Waals surface area contributed by atoms with Crippen LogP contribution in [0.3, 0.4) is 0 Å². The van der Waals surface area contributed by atoms with Crippen LogP contribution in [0.1, 0.15) is 43.0 Å². The van der Waals surface area contributed by atoms with Gasteiger partial charge in [0.25, 0.3) is 5.56 Å². The van der Waals surface area contributed by atoms with Crippen LogP contribution in [0.4, 0.5) is 4.79 Å². The molecule has 0 saturated heterocycles. The van der Waals surface area contributed by atoms with E-state index in [1.165, 1.54) is 0 Å². The van der Waals surface area contributed by atoms with E-state index in [0.717, 1.165) is 27.6 Å². The van der Waals surface area contributed by atoms with Crippen LogP contribution >= 0.6 is 11.6 Å². The van der Waals surface area contributed by atoms with Crippen LogP contribution in [0.2, 0.25) is 5.02 Å². The molecule has 2 heterocycles. The summed E-state index contributed by atoms with van der Waals surface area (Å²) in [5, 5.41) is 11.6. The fraction of sp³-hybridized carbons (Fsp3) is 0.333. The first-order valence-electron chi connectivity index (χ1n) is 13.1. The van der Waals surface area contributed by atoms with Gasteiger partial charge >= 0.3 is 6.09 Å². The maximum Gasteiger partial charge on any atom is 0.407 e. The van der Waals surface area contributed by atoms with E-state index in [1.807, 2.05) is 48.1 Å². The number of rotatable bonds is 9. The molecule has 2 amide bonds. The van der Waals surface area contributed by atoms with E-state index >= 15 is 0 Å². The van der Waals surface area contributed by atoms with Gasteiger partial charge in [-0.05, 0) is 68.7 Å². The van der Waals surface area contributed by atoms with Crippen LogP contribution in [-0.2, 0) is 42.1 Å². The fourth-order valence-corrected chi connectivity index (χ4v) is 4.53. The minimum Gasteiger partial charge on any atom is -0.444 e. The van der Waals surface area contributed by atoms with Crippen LogP contribution < -0.4 is 16.2 Å². The summed E-state index contributed by atoms with van der Waals surface area (Å²) in [6, 6.07) is 15.0. The molecular weight excluding hydrogens is 530 g/mol. The Morgan fingerprint density at radius 3 is 2.52 bits per heavy atom. The first-order valence-corrected chi connectivity index (χ1v) is 13.5. The summed E-state index contributed by atoms with van der Waals surface area (Å²) in [6.45, 7) is 8.56. The lowest BCUT2D eigenvalue weighted by Crippen LogP contribution is -2.33. The maximum absolute atomic E-state index is 13.3. The molecule has 0 radical (unpaired) electrons. The van der Waals surface area contributed by atoms with Crippen LogP contribution in [0.5, 0.6) is 0 Å². The van der Waals surface area contributed by atoms with Gasteiger partial charge in [-0.1, -0.05) is 35.9 Å². The molecule has 0 aliphatic carbocycles. The van der Waals surface area contributed by atoms with Gasteiger partial charge in [0.1, 0.15) is 5.60 Å². The van der Waals surface area contributed by atoms with Crippen LogP contribution in [0, 0.1) is 6.92 Å². The lowest BCUT2D eigenvalue weighted by atomic mass is 10.1. The van der Waals surface area contributed by atoms with Gasteiger partial charge in [-0.3, -0.25) is 14.3 Å². The molecule has 0 bridgehead atoms. The van der Waals surface area contributed by atoms with Crippen molar-refractivity contribution in [1.29, 1.82) is 0 Å². The van der Waals surface area contributed by atoms with Gasteiger partial charge in [-0.15, -0.1) is 0 Å². The summed E-state index contributed by atoms with van der Waals surface area (Å²) in [5.41, 5.74) is 2.95. The number of hydrogen-bond donors (Lipinski definition) is 2. The van der Waals surface area contributed by atoms with E-state index < -0.39 is 11.7 Å². The molecule has 2 aromatic heterocycles. The number of pyridine rings is 1. The summed E-state index contributed by atoms with van der Waals surface area (Å²) in [5.74, 6) is -0.290. The molecule has 10 heteroatoms. The highest BCUT2D eigenvalue weighted by atomic mass is 35.5. The number of benzene rings is 2. The fourth-order valence-electron chi connectivity index (χ4n) is 4.34. The Bertz CT molecular complexity index is 1590. The predicted molar refractivity (Wildman–Crippen MR) is 155 cm³/mol. The minimum absolute atomic E-state index is 0.0533. The molecular formula is C30H34ClN5O4. The van der Waals surface area contributed by atoms with E-state index in [9.17, 15) is 14.4 Å². The Morgan fingerprint density at radius 2 is 1.75 bits per heavy atom. The highest BCUT2D eigenvalue weighted by Crippen LogP contribution is 2.17. The number of ether oxygens (including phenoxy) is 1. The van der Waals surface area contributed by atoms with E-state index in [2.05, 4.69) is 15.7 Å². The highest BCUT2D eigenvalue weighted by Gasteiger charge is 2.17. The third-order valence-corrected chi connectivity index (χ3v) is 6.64. The number of nitrogens with zero attached hydrogens (tertiary/aromatic N) is 3. The summed E-state index contributed by atoms with van der Waals surface area (Å²) in [6.07, 6.45) is 2.97. The Labute approximate surface area is 238 Å². The lowest BCUT2D eigenvalue weighted by Gasteiger charge is -2.20. The summed E-state index contributed by atoms with van der Waals surface area (Å²) in [7, 11) is 0. The zero-order valence-corrected chi connectivity index (χ0v) is 23.9. The molecule has 210 valence electrons. The third-order valence-electron chi connectivity index (χ3n) is 6.41. The van der Waals surface area contributed by atoms with Crippen molar-refractivity contribution in [3.05, 3.63) is 98.6 Å². The number of carbonyl (C=O) groups is 2. The number of halogens is 1. The average molecular weight is 564 g/mol. The second-order valence-electron chi connectivity index (χ2n) is 10.6. The smallest absolute Gasteiger partial charge is 0.407 e. The number of hydrogen-bond acceptors (Lipinski definition) is 5. The number of nitrogens with one attached hydrogen (secondary N) is 2. The molecule has 0 aliphatic heterocycles. The molecule has 0 spiro atoms. The second-order valence-corrected chi connectivity index (χ2v) is 11.1. The molecule has 0 saturated carbocycles. The molecule has 0 unspecified atom stereocenters. The molecule has 0 fully saturated rings. The number of fused-ring (bicyclic) bond motifs is 1. The largest absolute Gasteiger partial charge is 0.444 e. The maximum atomic E-state index is 13.3. The third kappa shape index (κ3) is 7.51. The Balaban J connectivity index is 1.39. The minimum atomic E-state index is -0.609. The van der Waals surface area contributed by atoms with E-state index in [-0.39, 0.29) is 31.0 Å². The zero-order valence-electron chi connectivity index (χ0n) is 23.2.